The van der Waals surface area contributed by atoms with E-state index >= 15 is 0 Å². The standard InChI is InChI=1S/C9H20N8.H2O4S/c1-2-3-4-5-7(15-17-9(12)13)6-14-16-8(10)11;1-5(2,3)4/h6H,2-5H2,1H3,(H4,10,11,16)(H4,12,13,17);(H2,1,2,3,4)/b14-6+,15-7-;. The lowest BCUT2D eigenvalue weighted by atomic mass is 10.1. The molecule has 0 atom stereocenters. The number of nitrogens with two attached hydrogens (primary N) is 4. The van der Waals surface area contributed by atoms with Crippen molar-refractivity contribution in [1.29, 1.82) is 0 Å². The number of nitrogens with zero attached hydrogens (tertiary/aromatic N) is 4. The van der Waals surface area contributed by atoms with Gasteiger partial charge < -0.3 is 22.9 Å². The van der Waals surface area contributed by atoms with Crippen LogP contribution in [-0.4, -0.2) is 41.4 Å². The molecule has 0 aliphatic heterocycles. The van der Waals surface area contributed by atoms with Crippen molar-refractivity contribution in [3.8, 4) is 0 Å². The number of unbranched alkanes of at least 4 members (excludes halogenated alkanes) is 2. The van der Waals surface area contributed by atoms with Crippen LogP contribution in [0.15, 0.2) is 20.4 Å². The summed E-state index contributed by atoms with van der Waals surface area (Å²) in [4.78, 5) is 0. The summed E-state index contributed by atoms with van der Waals surface area (Å²) in [6.45, 7) is 2.11. The molecule has 0 rings (SSSR count). The Morgan fingerprint density at radius 3 is 1.91 bits per heavy atom. The fraction of sp³-hybridized carbons (Fsp3) is 0.556. The minimum atomic E-state index is -4.67. The normalized spacial score (nSPS) is 11.5. The minimum Gasteiger partial charge on any atom is -0.369 e. The molecule has 128 valence electrons. The van der Waals surface area contributed by atoms with Gasteiger partial charge in [0.25, 0.3) is 0 Å². The van der Waals surface area contributed by atoms with E-state index < -0.39 is 10.4 Å². The third-order valence-electron chi connectivity index (χ3n) is 1.71. The van der Waals surface area contributed by atoms with E-state index in [2.05, 4.69) is 27.3 Å². The van der Waals surface area contributed by atoms with Crippen molar-refractivity contribution in [1.82, 2.24) is 0 Å². The zero-order valence-electron chi connectivity index (χ0n) is 12.1. The van der Waals surface area contributed by atoms with Crippen LogP contribution in [0.5, 0.6) is 0 Å². The van der Waals surface area contributed by atoms with Crippen LogP contribution in [-0.2, 0) is 10.4 Å². The summed E-state index contributed by atoms with van der Waals surface area (Å²) in [5.41, 5.74) is 21.2. The van der Waals surface area contributed by atoms with Crippen molar-refractivity contribution in [2.75, 3.05) is 0 Å². The van der Waals surface area contributed by atoms with Gasteiger partial charge >= 0.3 is 10.4 Å². The van der Waals surface area contributed by atoms with Gasteiger partial charge in [-0.3, -0.25) is 9.11 Å². The second kappa shape index (κ2) is 12.5. The van der Waals surface area contributed by atoms with E-state index in [1.54, 1.807) is 0 Å². The first-order valence-corrected chi connectivity index (χ1v) is 7.43. The molecule has 0 radical (unpaired) electrons. The van der Waals surface area contributed by atoms with Crippen LogP contribution in [0.4, 0.5) is 0 Å². The molecule has 10 N–H and O–H groups in total. The van der Waals surface area contributed by atoms with Gasteiger partial charge in [-0.25, -0.2) is 0 Å². The maximum absolute atomic E-state index is 8.74. The smallest absolute Gasteiger partial charge is 0.369 e. The largest absolute Gasteiger partial charge is 0.394 e. The molecule has 0 heterocycles. The molecule has 0 spiro atoms. The number of hydrogen-bond donors (Lipinski definition) is 6. The van der Waals surface area contributed by atoms with Gasteiger partial charge in [-0.05, 0) is 12.8 Å². The zero-order valence-corrected chi connectivity index (χ0v) is 12.9. The average molecular weight is 338 g/mol. The predicted octanol–water partition coefficient (Wildman–Crippen LogP) is -1.20. The Morgan fingerprint density at radius 1 is 1.00 bits per heavy atom. The van der Waals surface area contributed by atoms with Crippen LogP contribution in [0.2, 0.25) is 0 Å². The number of guanidine groups is 2. The van der Waals surface area contributed by atoms with Crippen molar-refractivity contribution in [3.05, 3.63) is 0 Å². The summed E-state index contributed by atoms with van der Waals surface area (Å²) >= 11 is 0. The highest BCUT2D eigenvalue weighted by molar-refractivity contribution is 7.79. The molecule has 0 aromatic rings. The Hall–Kier alpha value is -2.25. The van der Waals surface area contributed by atoms with E-state index in [9.17, 15) is 0 Å². The Morgan fingerprint density at radius 2 is 1.50 bits per heavy atom. The molecule has 0 saturated heterocycles. The SMILES string of the molecule is CCCCCC(/C=N/N=C(N)N)=N/N=C(N)N.O=S(=O)(O)O. The van der Waals surface area contributed by atoms with Crippen molar-refractivity contribution in [2.24, 2.45) is 43.3 Å². The fourth-order valence-electron chi connectivity index (χ4n) is 0.981. The van der Waals surface area contributed by atoms with Gasteiger partial charge in [0.1, 0.15) is 0 Å². The molecule has 0 aromatic heterocycles. The fourth-order valence-corrected chi connectivity index (χ4v) is 0.981. The van der Waals surface area contributed by atoms with E-state index in [0.717, 1.165) is 19.3 Å². The molecule has 12 nitrogen and oxygen atoms in total. The van der Waals surface area contributed by atoms with Crippen LogP contribution >= 0.6 is 0 Å². The lowest BCUT2D eigenvalue weighted by Gasteiger charge is -1.97. The average Bonchev–Trinajstić information content (AvgIpc) is 2.33. The van der Waals surface area contributed by atoms with Gasteiger partial charge in [-0.15, -0.1) is 10.2 Å². The van der Waals surface area contributed by atoms with Crippen molar-refractivity contribution < 1.29 is 17.5 Å². The van der Waals surface area contributed by atoms with Crippen LogP contribution in [0.1, 0.15) is 32.6 Å². The highest BCUT2D eigenvalue weighted by Gasteiger charge is 1.96. The second-order valence-corrected chi connectivity index (χ2v) is 4.69. The van der Waals surface area contributed by atoms with Crippen LogP contribution in [0.3, 0.4) is 0 Å². The molecule has 0 bridgehead atoms. The molecule has 0 unspecified atom stereocenters. The lowest BCUT2D eigenvalue weighted by Crippen LogP contribution is -2.22. The lowest BCUT2D eigenvalue weighted by molar-refractivity contribution is 0.381. The first-order chi connectivity index (χ1) is 10.1. The summed E-state index contributed by atoms with van der Waals surface area (Å²) in [6.07, 6.45) is 5.33. The van der Waals surface area contributed by atoms with Gasteiger partial charge in [-0.2, -0.15) is 18.6 Å². The first-order valence-electron chi connectivity index (χ1n) is 6.03. The Bertz CT molecular complexity index is 510. The first kappa shape index (κ1) is 22.0. The Kier molecular flexibility index (Phi) is 12.5. The second-order valence-electron chi connectivity index (χ2n) is 3.79. The zero-order chi connectivity index (χ0) is 17.6. The maximum atomic E-state index is 8.74. The quantitative estimate of drug-likeness (QED) is 0.108. The highest BCUT2D eigenvalue weighted by atomic mass is 32.3. The van der Waals surface area contributed by atoms with Crippen LogP contribution in [0, 0.1) is 0 Å². The van der Waals surface area contributed by atoms with Crippen molar-refractivity contribution in [2.45, 2.75) is 32.6 Å². The molecule has 0 fully saturated rings. The summed E-state index contributed by atoms with van der Waals surface area (Å²) < 4.78 is 31.6. The Labute approximate surface area is 128 Å². The summed E-state index contributed by atoms with van der Waals surface area (Å²) in [5, 5.41) is 14.5. The molecule has 13 heteroatoms. The van der Waals surface area contributed by atoms with E-state index in [1.807, 2.05) is 0 Å². The molecular weight excluding hydrogens is 316 g/mol. The van der Waals surface area contributed by atoms with Gasteiger partial charge in [-0.1, -0.05) is 19.8 Å². The number of hydrogen-bond acceptors (Lipinski definition) is 6. The Balaban J connectivity index is 0. The topological polar surface area (TPSA) is 228 Å². The molecule has 0 saturated carbocycles. The molecule has 0 aromatic carbocycles. The van der Waals surface area contributed by atoms with Gasteiger partial charge in [0.2, 0.25) is 11.9 Å². The predicted molar refractivity (Wildman–Crippen MR) is 85.9 cm³/mol. The molecular formula is C9H22N8O4S. The van der Waals surface area contributed by atoms with E-state index in [0.29, 0.717) is 12.1 Å². The van der Waals surface area contributed by atoms with Gasteiger partial charge in [0, 0.05) is 0 Å². The third kappa shape index (κ3) is 26.3. The number of rotatable bonds is 7. The van der Waals surface area contributed by atoms with Gasteiger partial charge in [0.15, 0.2) is 0 Å². The van der Waals surface area contributed by atoms with Gasteiger partial charge in [0.05, 0.1) is 11.9 Å². The van der Waals surface area contributed by atoms with Crippen molar-refractivity contribution in [3.63, 3.8) is 0 Å². The van der Waals surface area contributed by atoms with Crippen LogP contribution < -0.4 is 22.9 Å². The highest BCUT2D eigenvalue weighted by Crippen LogP contribution is 2.00. The molecule has 0 amide bonds. The van der Waals surface area contributed by atoms with Crippen LogP contribution in [0.25, 0.3) is 0 Å². The van der Waals surface area contributed by atoms with E-state index in [4.69, 9.17) is 40.5 Å². The molecule has 22 heavy (non-hydrogen) atoms. The van der Waals surface area contributed by atoms with E-state index in [-0.39, 0.29) is 11.9 Å². The van der Waals surface area contributed by atoms with E-state index in [1.165, 1.54) is 6.21 Å². The summed E-state index contributed by atoms with van der Waals surface area (Å²) in [5.74, 6) is -0.218. The molecule has 0 aliphatic rings. The van der Waals surface area contributed by atoms with Crippen molar-refractivity contribution >= 4 is 34.2 Å². The summed E-state index contributed by atoms with van der Waals surface area (Å²) in [7, 11) is -4.67. The molecule has 0 aliphatic carbocycles. The monoisotopic (exact) mass is 338 g/mol. The third-order valence-corrected chi connectivity index (χ3v) is 1.71. The minimum absolute atomic E-state index is 0.103. The maximum Gasteiger partial charge on any atom is 0.394 e. The summed E-state index contributed by atoms with van der Waals surface area (Å²) in [6, 6.07) is 0.